The van der Waals surface area contributed by atoms with E-state index in [4.69, 9.17) is 9.84 Å². The number of benzene rings is 2. The van der Waals surface area contributed by atoms with Crippen molar-refractivity contribution in [1.82, 2.24) is 10.2 Å². The van der Waals surface area contributed by atoms with Gasteiger partial charge in [-0.2, -0.15) is 0 Å². The lowest BCUT2D eigenvalue weighted by Gasteiger charge is -2.29. The smallest absolute Gasteiger partial charge is 0.407 e. The van der Waals surface area contributed by atoms with Gasteiger partial charge in [-0.1, -0.05) is 69.3 Å². The summed E-state index contributed by atoms with van der Waals surface area (Å²) < 4.78 is 5.43. The predicted octanol–water partition coefficient (Wildman–Crippen LogP) is 3.24. The summed E-state index contributed by atoms with van der Waals surface area (Å²) in [5.74, 6) is -1.69. The molecule has 8 heteroatoms. The van der Waals surface area contributed by atoms with Crippen molar-refractivity contribution in [2.24, 2.45) is 5.41 Å². The molecule has 1 unspecified atom stereocenters. The first kappa shape index (κ1) is 25.2. The van der Waals surface area contributed by atoms with E-state index in [1.807, 2.05) is 57.2 Å². The minimum absolute atomic E-state index is 0.0772. The third-order valence-electron chi connectivity index (χ3n) is 5.58. The van der Waals surface area contributed by atoms with Gasteiger partial charge in [-0.3, -0.25) is 9.59 Å². The number of fused-ring (bicyclic) bond motifs is 3. The molecular formula is C26H32N2O6. The fraction of sp³-hybridized carbons (Fsp3) is 0.423. The van der Waals surface area contributed by atoms with Crippen molar-refractivity contribution < 1.29 is 29.3 Å². The molecule has 2 aromatic rings. The van der Waals surface area contributed by atoms with Crippen LogP contribution in [0.5, 0.6) is 0 Å². The molecule has 182 valence electrons. The number of rotatable bonds is 9. The number of carbonyl (C=O) groups excluding carboxylic acids is 2. The van der Waals surface area contributed by atoms with Crippen LogP contribution in [0.15, 0.2) is 48.5 Å². The quantitative estimate of drug-likeness (QED) is 0.520. The number of alkyl carbamates (subject to hydrolysis) is 1. The van der Waals surface area contributed by atoms with Gasteiger partial charge in [0.15, 0.2) is 0 Å². The second-order valence-corrected chi connectivity index (χ2v) is 9.77. The van der Waals surface area contributed by atoms with Gasteiger partial charge in [0, 0.05) is 19.0 Å². The fourth-order valence-electron chi connectivity index (χ4n) is 4.22. The van der Waals surface area contributed by atoms with Crippen LogP contribution in [0.4, 0.5) is 4.79 Å². The van der Waals surface area contributed by atoms with Gasteiger partial charge in [0.2, 0.25) is 5.91 Å². The number of aliphatic carboxylic acids is 1. The van der Waals surface area contributed by atoms with E-state index in [0.717, 1.165) is 22.3 Å². The molecule has 3 rings (SSSR count). The Morgan fingerprint density at radius 1 is 1.03 bits per heavy atom. The molecule has 1 aliphatic carbocycles. The van der Waals surface area contributed by atoms with Crippen LogP contribution in [-0.2, 0) is 14.3 Å². The van der Waals surface area contributed by atoms with Crippen molar-refractivity contribution in [3.8, 4) is 11.1 Å². The van der Waals surface area contributed by atoms with Crippen molar-refractivity contribution >= 4 is 18.0 Å². The van der Waals surface area contributed by atoms with E-state index in [0.29, 0.717) is 0 Å². The molecule has 2 amide bonds. The van der Waals surface area contributed by atoms with Gasteiger partial charge in [0.25, 0.3) is 0 Å². The zero-order chi connectivity index (χ0) is 24.9. The van der Waals surface area contributed by atoms with Crippen LogP contribution >= 0.6 is 0 Å². The standard InChI is InChI=1S/C26H32N2O6/c1-26(2,3)16-28(14-24(31)32)23(30)12-17(29)13-27-25(33)34-15-22-20-10-6-4-8-18(20)19-9-5-7-11-21(19)22/h4-11,17,22,29H,12-16H2,1-3H3,(H,27,33)(H,31,32). The van der Waals surface area contributed by atoms with Gasteiger partial charge < -0.3 is 25.2 Å². The number of ether oxygens (including phenoxy) is 1. The lowest BCUT2D eigenvalue weighted by molar-refractivity contribution is -0.146. The Balaban J connectivity index is 1.50. The maximum absolute atomic E-state index is 12.5. The first-order valence-corrected chi connectivity index (χ1v) is 11.3. The average molecular weight is 469 g/mol. The number of nitrogens with one attached hydrogen (secondary N) is 1. The molecule has 0 aromatic heterocycles. The summed E-state index contributed by atoms with van der Waals surface area (Å²) in [5, 5.41) is 21.8. The van der Waals surface area contributed by atoms with Crippen LogP contribution in [0.25, 0.3) is 11.1 Å². The molecule has 2 aromatic carbocycles. The normalized spacial score (nSPS) is 13.5. The van der Waals surface area contributed by atoms with Gasteiger partial charge in [-0.15, -0.1) is 0 Å². The monoisotopic (exact) mass is 468 g/mol. The van der Waals surface area contributed by atoms with Gasteiger partial charge >= 0.3 is 12.1 Å². The second kappa shape index (κ2) is 10.7. The average Bonchev–Trinajstić information content (AvgIpc) is 3.08. The Labute approximate surface area is 199 Å². The number of hydrogen-bond acceptors (Lipinski definition) is 5. The van der Waals surface area contributed by atoms with Crippen LogP contribution in [0.1, 0.15) is 44.2 Å². The Morgan fingerprint density at radius 2 is 1.59 bits per heavy atom. The summed E-state index contributed by atoms with van der Waals surface area (Å²) >= 11 is 0. The summed E-state index contributed by atoms with van der Waals surface area (Å²) in [6, 6.07) is 16.0. The van der Waals surface area contributed by atoms with E-state index in [-0.39, 0.29) is 37.5 Å². The molecule has 0 fully saturated rings. The number of hydrogen-bond donors (Lipinski definition) is 3. The maximum Gasteiger partial charge on any atom is 0.407 e. The molecule has 0 bridgehead atoms. The highest BCUT2D eigenvalue weighted by molar-refractivity contribution is 5.82. The van der Waals surface area contributed by atoms with E-state index >= 15 is 0 Å². The van der Waals surface area contributed by atoms with Crippen molar-refractivity contribution in [3.05, 3.63) is 59.7 Å². The molecule has 0 saturated carbocycles. The Kier molecular flexibility index (Phi) is 7.94. The number of carboxylic acid groups (broad SMARTS) is 1. The zero-order valence-electron chi connectivity index (χ0n) is 19.8. The molecule has 3 N–H and O–H groups in total. The third-order valence-corrected chi connectivity index (χ3v) is 5.58. The second-order valence-electron chi connectivity index (χ2n) is 9.77. The Morgan fingerprint density at radius 3 is 2.12 bits per heavy atom. The van der Waals surface area contributed by atoms with E-state index in [9.17, 15) is 19.5 Å². The number of carbonyl (C=O) groups is 3. The molecule has 34 heavy (non-hydrogen) atoms. The largest absolute Gasteiger partial charge is 0.480 e. The summed E-state index contributed by atoms with van der Waals surface area (Å²) in [5.41, 5.74) is 4.15. The van der Waals surface area contributed by atoms with Crippen molar-refractivity contribution in [2.75, 3.05) is 26.2 Å². The van der Waals surface area contributed by atoms with Crippen LogP contribution in [0.3, 0.4) is 0 Å². The molecular weight excluding hydrogens is 436 g/mol. The lowest BCUT2D eigenvalue weighted by atomic mass is 9.95. The van der Waals surface area contributed by atoms with Gasteiger partial charge in [-0.25, -0.2) is 4.79 Å². The van der Waals surface area contributed by atoms with E-state index in [2.05, 4.69) is 17.4 Å². The molecule has 1 atom stereocenters. The SMILES string of the molecule is CC(C)(C)CN(CC(=O)O)C(=O)CC(O)CNC(=O)OCC1c2ccccc2-c2ccccc21. The molecule has 1 aliphatic rings. The molecule has 0 aliphatic heterocycles. The number of aliphatic hydroxyl groups is 1. The minimum atomic E-state index is -1.16. The number of nitrogens with zero attached hydrogens (tertiary/aromatic N) is 1. The van der Waals surface area contributed by atoms with Crippen LogP contribution in [0, 0.1) is 5.41 Å². The van der Waals surface area contributed by atoms with Crippen LogP contribution in [-0.4, -0.2) is 65.4 Å². The van der Waals surface area contributed by atoms with E-state index in [1.165, 1.54) is 4.90 Å². The summed E-state index contributed by atoms with van der Waals surface area (Å²) in [4.78, 5) is 37.1. The van der Waals surface area contributed by atoms with Crippen LogP contribution in [0.2, 0.25) is 0 Å². The maximum atomic E-state index is 12.5. The summed E-state index contributed by atoms with van der Waals surface area (Å²) in [7, 11) is 0. The first-order valence-electron chi connectivity index (χ1n) is 11.3. The van der Waals surface area contributed by atoms with Gasteiger partial charge in [0.05, 0.1) is 12.5 Å². The van der Waals surface area contributed by atoms with Crippen molar-refractivity contribution in [3.63, 3.8) is 0 Å². The van der Waals surface area contributed by atoms with Crippen molar-refractivity contribution in [1.29, 1.82) is 0 Å². The summed E-state index contributed by atoms with van der Waals surface area (Å²) in [6.45, 7) is 5.44. The van der Waals surface area contributed by atoms with Gasteiger partial charge in [-0.05, 0) is 27.7 Å². The molecule has 8 nitrogen and oxygen atoms in total. The molecule has 0 heterocycles. The van der Waals surface area contributed by atoms with Crippen LogP contribution < -0.4 is 5.32 Å². The summed E-state index contributed by atoms with van der Waals surface area (Å²) in [6.07, 6.45) is -2.15. The topological polar surface area (TPSA) is 116 Å². The highest BCUT2D eigenvalue weighted by atomic mass is 16.5. The molecule has 0 radical (unpaired) electrons. The Hall–Kier alpha value is -3.39. The van der Waals surface area contributed by atoms with E-state index in [1.54, 1.807) is 0 Å². The number of carboxylic acids is 1. The lowest BCUT2D eigenvalue weighted by Crippen LogP contribution is -2.43. The predicted molar refractivity (Wildman–Crippen MR) is 127 cm³/mol. The highest BCUT2D eigenvalue weighted by Crippen LogP contribution is 2.44. The number of amides is 2. The van der Waals surface area contributed by atoms with E-state index < -0.39 is 30.6 Å². The fourth-order valence-corrected chi connectivity index (χ4v) is 4.22. The first-order chi connectivity index (χ1) is 16.0. The van der Waals surface area contributed by atoms with Crippen molar-refractivity contribution in [2.45, 2.75) is 39.2 Å². The highest BCUT2D eigenvalue weighted by Gasteiger charge is 2.29. The zero-order valence-corrected chi connectivity index (χ0v) is 19.8. The molecule has 0 saturated heterocycles. The number of aliphatic hydroxyl groups excluding tert-OH is 1. The molecule has 0 spiro atoms. The minimum Gasteiger partial charge on any atom is -0.480 e. The van der Waals surface area contributed by atoms with Gasteiger partial charge in [0.1, 0.15) is 13.2 Å². The Bertz CT molecular complexity index is 1000. The third kappa shape index (κ3) is 6.57.